The summed E-state index contributed by atoms with van der Waals surface area (Å²) in [7, 11) is -3.52. The fourth-order valence-corrected chi connectivity index (χ4v) is 5.43. The minimum Gasteiger partial charge on any atom is -0.317 e. The van der Waals surface area contributed by atoms with Gasteiger partial charge in [0.1, 0.15) is 0 Å². The Bertz CT molecular complexity index is 1550. The molecule has 0 bridgehead atoms. The van der Waals surface area contributed by atoms with Crippen LogP contribution < -0.4 is 9.73 Å². The Balaban J connectivity index is 1.47. The average molecular weight is 580 g/mol. The molecule has 0 saturated carbocycles. The Morgan fingerprint density at radius 3 is 2.30 bits per heavy atom. The van der Waals surface area contributed by atoms with E-state index in [0.717, 1.165) is 32.7 Å². The zero-order valence-corrected chi connectivity index (χ0v) is 23.1. The molecule has 0 spiro atoms. The van der Waals surface area contributed by atoms with Crippen LogP contribution >= 0.6 is 15.9 Å². The summed E-state index contributed by atoms with van der Waals surface area (Å²) in [6.07, 6.45) is 2.78. The molecule has 0 aliphatic carbocycles. The van der Waals surface area contributed by atoms with Gasteiger partial charge in [0.2, 0.25) is 10.0 Å². The number of hydrogen-bond donors (Lipinski definition) is 1. The van der Waals surface area contributed by atoms with Crippen LogP contribution in [0.1, 0.15) is 32.9 Å². The molecule has 0 saturated heterocycles. The third-order valence-corrected chi connectivity index (χ3v) is 7.73. The highest BCUT2D eigenvalue weighted by Crippen LogP contribution is 2.26. The van der Waals surface area contributed by atoms with Crippen LogP contribution in [0.15, 0.2) is 94.5 Å². The Morgan fingerprint density at radius 1 is 1.00 bits per heavy atom. The second kappa shape index (κ2) is 11.1. The first-order chi connectivity index (χ1) is 17.6. The van der Waals surface area contributed by atoms with Gasteiger partial charge >= 0.3 is 0 Å². The lowest BCUT2D eigenvalue weighted by Crippen LogP contribution is -2.29. The number of amides is 1. The lowest BCUT2D eigenvalue weighted by molar-refractivity contribution is 0.0955. The van der Waals surface area contributed by atoms with Crippen LogP contribution in [0.3, 0.4) is 0 Å². The van der Waals surface area contributed by atoms with Gasteiger partial charge in [-0.1, -0.05) is 42.5 Å². The van der Waals surface area contributed by atoms with Crippen molar-refractivity contribution in [2.45, 2.75) is 20.4 Å². The van der Waals surface area contributed by atoms with Crippen LogP contribution in [0.2, 0.25) is 0 Å². The van der Waals surface area contributed by atoms with E-state index in [4.69, 9.17) is 0 Å². The van der Waals surface area contributed by atoms with Gasteiger partial charge in [0, 0.05) is 27.0 Å². The van der Waals surface area contributed by atoms with Gasteiger partial charge in [-0.2, -0.15) is 5.10 Å². The summed E-state index contributed by atoms with van der Waals surface area (Å²) in [6, 6.07) is 25.7. The van der Waals surface area contributed by atoms with Crippen LogP contribution in [0.5, 0.6) is 0 Å². The van der Waals surface area contributed by atoms with Crippen molar-refractivity contribution >= 4 is 43.8 Å². The lowest BCUT2D eigenvalue weighted by Gasteiger charge is -2.22. The number of anilines is 1. The number of halogens is 1. The van der Waals surface area contributed by atoms with Crippen molar-refractivity contribution in [2.75, 3.05) is 10.6 Å². The van der Waals surface area contributed by atoms with Crippen LogP contribution in [0.4, 0.5) is 5.69 Å². The van der Waals surface area contributed by atoms with Crippen LogP contribution in [-0.4, -0.2) is 31.4 Å². The highest BCUT2D eigenvalue weighted by Gasteiger charge is 2.18. The van der Waals surface area contributed by atoms with E-state index in [1.54, 1.807) is 30.5 Å². The fourth-order valence-electron chi connectivity index (χ4n) is 4.08. The fraction of sp³-hybridized carbons (Fsp3) is 0.143. The van der Waals surface area contributed by atoms with E-state index < -0.39 is 15.9 Å². The number of hydrazone groups is 1. The topological polar surface area (TPSA) is 83.8 Å². The maximum absolute atomic E-state index is 12.7. The summed E-state index contributed by atoms with van der Waals surface area (Å²) in [5.41, 5.74) is 8.20. The monoisotopic (exact) mass is 578 g/mol. The van der Waals surface area contributed by atoms with E-state index in [2.05, 4.69) is 31.0 Å². The van der Waals surface area contributed by atoms with E-state index in [0.29, 0.717) is 11.3 Å². The second-order valence-electron chi connectivity index (χ2n) is 8.61. The first-order valence-corrected chi connectivity index (χ1v) is 14.2. The average Bonchev–Trinajstić information content (AvgIpc) is 3.15. The largest absolute Gasteiger partial charge is 0.317 e. The quantitative estimate of drug-likeness (QED) is 0.218. The number of nitrogens with zero attached hydrogens (tertiary/aromatic N) is 3. The van der Waals surface area contributed by atoms with Crippen LogP contribution in [0.25, 0.3) is 5.69 Å². The number of benzene rings is 3. The summed E-state index contributed by atoms with van der Waals surface area (Å²) < 4.78 is 29.2. The highest BCUT2D eigenvalue weighted by molar-refractivity contribution is 9.10. The molecule has 9 heteroatoms. The predicted octanol–water partition coefficient (Wildman–Crippen LogP) is 5.59. The van der Waals surface area contributed by atoms with Gasteiger partial charge in [-0.15, -0.1) is 0 Å². The summed E-state index contributed by atoms with van der Waals surface area (Å²) in [6.45, 7) is 4.21. The van der Waals surface area contributed by atoms with Crippen molar-refractivity contribution in [1.29, 1.82) is 0 Å². The number of aryl methyl sites for hydroxylation is 1. The number of sulfonamides is 1. The number of hydrogen-bond acceptors (Lipinski definition) is 4. The molecule has 1 N–H and O–H groups in total. The molecule has 1 amide bonds. The number of carbonyl (C=O) groups excluding carboxylic acids is 1. The molecule has 0 unspecified atom stereocenters. The van der Waals surface area contributed by atoms with Crippen molar-refractivity contribution in [3.8, 4) is 5.69 Å². The van der Waals surface area contributed by atoms with E-state index in [1.807, 2.05) is 74.5 Å². The van der Waals surface area contributed by atoms with Gasteiger partial charge < -0.3 is 4.57 Å². The summed E-state index contributed by atoms with van der Waals surface area (Å²) in [5.74, 6) is -0.392. The molecular formula is C28H27BrN4O3S. The number of carbonyl (C=O) groups is 1. The molecular weight excluding hydrogens is 552 g/mol. The molecule has 0 radical (unpaired) electrons. The van der Waals surface area contributed by atoms with E-state index in [9.17, 15) is 13.2 Å². The SMILES string of the molecule is Cc1cc(/C=N/NC(=O)c2ccc(N(Cc3ccccc3)S(C)(=O)=O)cc2)c(C)n1-c1ccccc1Br. The van der Waals surface area contributed by atoms with E-state index >= 15 is 0 Å². The minimum absolute atomic E-state index is 0.202. The molecule has 0 fully saturated rings. The van der Waals surface area contributed by atoms with Crippen molar-refractivity contribution in [1.82, 2.24) is 9.99 Å². The molecule has 0 aliphatic rings. The molecule has 0 atom stereocenters. The van der Waals surface area contributed by atoms with Gasteiger partial charge in [0.15, 0.2) is 0 Å². The van der Waals surface area contributed by atoms with Crippen LogP contribution in [0, 0.1) is 13.8 Å². The van der Waals surface area contributed by atoms with Crippen molar-refractivity contribution in [2.24, 2.45) is 5.10 Å². The summed E-state index contributed by atoms with van der Waals surface area (Å²) in [5, 5.41) is 4.15. The van der Waals surface area contributed by atoms with E-state index in [-0.39, 0.29) is 6.54 Å². The minimum atomic E-state index is -3.52. The van der Waals surface area contributed by atoms with Gasteiger partial charge in [0.05, 0.1) is 30.4 Å². The first-order valence-electron chi connectivity index (χ1n) is 11.5. The Morgan fingerprint density at radius 2 is 1.65 bits per heavy atom. The summed E-state index contributed by atoms with van der Waals surface area (Å²) in [4.78, 5) is 12.7. The summed E-state index contributed by atoms with van der Waals surface area (Å²) >= 11 is 3.60. The molecule has 190 valence electrons. The first kappa shape index (κ1) is 26.4. The lowest BCUT2D eigenvalue weighted by atomic mass is 10.2. The Kier molecular flexibility index (Phi) is 7.94. The van der Waals surface area contributed by atoms with Gasteiger partial charge in [-0.25, -0.2) is 13.8 Å². The molecule has 1 aromatic heterocycles. The maximum atomic E-state index is 12.7. The Hall–Kier alpha value is -3.69. The number of rotatable bonds is 8. The molecule has 7 nitrogen and oxygen atoms in total. The smallest absolute Gasteiger partial charge is 0.271 e. The molecule has 0 aliphatic heterocycles. The van der Waals surface area contributed by atoms with Crippen molar-refractivity contribution in [3.63, 3.8) is 0 Å². The maximum Gasteiger partial charge on any atom is 0.271 e. The van der Waals surface area contributed by atoms with Crippen molar-refractivity contribution < 1.29 is 13.2 Å². The van der Waals surface area contributed by atoms with Gasteiger partial charge in [-0.3, -0.25) is 9.10 Å². The third-order valence-electron chi connectivity index (χ3n) is 5.92. The number of para-hydroxylation sites is 1. The molecule has 3 aromatic carbocycles. The van der Waals surface area contributed by atoms with Gasteiger partial charge in [-0.05, 0) is 77.8 Å². The number of nitrogens with one attached hydrogen (secondary N) is 1. The zero-order valence-electron chi connectivity index (χ0n) is 20.7. The van der Waals surface area contributed by atoms with Gasteiger partial charge in [0.25, 0.3) is 5.91 Å². The molecule has 4 rings (SSSR count). The number of aromatic nitrogens is 1. The highest BCUT2D eigenvalue weighted by atomic mass is 79.9. The standard InChI is InChI=1S/C28H27BrN4O3S/c1-20-17-24(21(2)33(20)27-12-8-7-11-26(27)29)18-30-31-28(34)23-13-15-25(16-14-23)32(37(3,35)36)19-22-9-5-4-6-10-22/h4-18H,19H2,1-3H3,(H,31,34)/b30-18+. The zero-order chi connectivity index (χ0) is 26.6. The van der Waals surface area contributed by atoms with E-state index in [1.165, 1.54) is 10.6 Å². The van der Waals surface area contributed by atoms with Crippen LogP contribution in [-0.2, 0) is 16.6 Å². The third kappa shape index (κ3) is 6.18. The van der Waals surface area contributed by atoms with Crippen molar-refractivity contribution in [3.05, 3.63) is 117 Å². The second-order valence-corrected chi connectivity index (χ2v) is 11.4. The molecule has 4 aromatic rings. The molecule has 1 heterocycles. The normalized spacial score (nSPS) is 11.6. The Labute approximate surface area is 225 Å². The predicted molar refractivity (Wildman–Crippen MR) is 152 cm³/mol. The molecule has 37 heavy (non-hydrogen) atoms.